The van der Waals surface area contributed by atoms with Gasteiger partial charge in [-0.25, -0.2) is 0 Å². The van der Waals surface area contributed by atoms with Crippen molar-refractivity contribution in [2.45, 2.75) is 0 Å². The van der Waals surface area contributed by atoms with Gasteiger partial charge in [0.05, 0.1) is 0 Å². The van der Waals surface area contributed by atoms with Gasteiger partial charge in [0.25, 0.3) is 5.97 Å². The molecule has 51 valence electrons. The molecule has 1 N–H and O–H groups in total. The van der Waals surface area contributed by atoms with E-state index in [0.717, 1.165) is 11.3 Å². The normalized spacial score (nSPS) is 8.50. The predicted octanol–water partition coefficient (Wildman–Crippen LogP) is 1.40. The first kappa shape index (κ1) is 10.7. The maximum atomic E-state index is 10.1. The molecule has 0 aliphatic rings. The van der Waals surface area contributed by atoms with E-state index < -0.39 is 5.97 Å². The van der Waals surface area contributed by atoms with Crippen molar-refractivity contribution in [3.05, 3.63) is 15.0 Å². The number of nitrogens with zero attached hydrogens (tertiary/aromatic N) is 1. The summed E-state index contributed by atoms with van der Waals surface area (Å²) in [6.45, 7) is 0. The smallest absolute Gasteiger partial charge is 0.279 e. The molecule has 0 unspecified atom stereocenters. The number of rotatable bonds is 1. The quantitative estimate of drug-likeness (QED) is 0.797. The van der Waals surface area contributed by atoms with Crippen LogP contribution in [-0.4, -0.2) is 16.1 Å². The van der Waals surface area contributed by atoms with Crippen molar-refractivity contribution in [1.29, 1.82) is 0 Å². The minimum Gasteiger partial charge on any atom is -0.489 e. The molecule has 6 heteroatoms. The van der Waals surface area contributed by atoms with E-state index >= 15 is 0 Å². The summed E-state index contributed by atoms with van der Waals surface area (Å²) in [6, 6.07) is 0. The van der Waals surface area contributed by atoms with Gasteiger partial charge in [-0.2, -0.15) is 5.38 Å². The van der Waals surface area contributed by atoms with E-state index in [1.54, 1.807) is 0 Å². The number of hydrogen-bond donors (Lipinski definition) is 1. The fourth-order valence-corrected chi connectivity index (χ4v) is 1.30. The number of thiazole rings is 1. The Balaban J connectivity index is 0.000000810. The number of aromatic carboxylic acids is 1. The Hall–Kier alpha value is 0.684. The molecule has 0 saturated carbocycles. The van der Waals surface area contributed by atoms with Crippen LogP contribution in [0.25, 0.3) is 0 Å². The first-order chi connectivity index (χ1) is 4.20. The molecule has 0 saturated heterocycles. The van der Waals surface area contributed by atoms with Crippen molar-refractivity contribution in [1.82, 2.24) is 4.98 Å². The molecule has 0 spiro atoms. The van der Waals surface area contributed by atoms with Gasteiger partial charge in [-0.3, -0.25) is 4.79 Å². The molecule has 0 bridgehead atoms. The maximum absolute atomic E-state index is 10.1. The molecular weight excluding hydrogens is 295 g/mol. The average Bonchev–Trinajstić information content (AvgIpc) is 2.14. The molecule has 0 aromatic carbocycles. The molecule has 0 aliphatic carbocycles. The third-order valence-electron chi connectivity index (χ3n) is 0.615. The minimum absolute atomic E-state index is 0. The zero-order valence-electron chi connectivity index (χ0n) is 4.67. The van der Waals surface area contributed by atoms with Crippen molar-refractivity contribution in [2.24, 2.45) is 0 Å². The fourth-order valence-electron chi connectivity index (χ4n) is 0.317. The SMILES string of the molecule is O=C(O)c1nc(Br)[c-]s1.[Y]. The van der Waals surface area contributed by atoms with Gasteiger partial charge in [-0.1, -0.05) is 15.9 Å². The van der Waals surface area contributed by atoms with Crippen molar-refractivity contribution in [3.63, 3.8) is 0 Å². The van der Waals surface area contributed by atoms with E-state index in [-0.39, 0.29) is 37.7 Å². The van der Waals surface area contributed by atoms with E-state index in [1.165, 1.54) is 0 Å². The molecule has 0 fully saturated rings. The number of carbonyl (C=O) groups is 1. The fraction of sp³-hybridized carbons (Fsp3) is 0. The van der Waals surface area contributed by atoms with Crippen molar-refractivity contribution >= 4 is 33.2 Å². The van der Waals surface area contributed by atoms with Crippen molar-refractivity contribution in [2.75, 3.05) is 0 Å². The molecule has 0 amide bonds. The molecule has 1 rings (SSSR count). The summed E-state index contributed by atoms with van der Waals surface area (Å²) in [5.41, 5.74) is 0. The molecule has 1 heterocycles. The van der Waals surface area contributed by atoms with E-state index in [2.05, 4.69) is 26.3 Å². The van der Waals surface area contributed by atoms with Crippen LogP contribution in [0, 0.1) is 5.38 Å². The van der Waals surface area contributed by atoms with Crippen LogP contribution in [0.4, 0.5) is 0 Å². The number of halogens is 1. The summed E-state index contributed by atoms with van der Waals surface area (Å²) >= 11 is 3.96. The molecule has 3 nitrogen and oxygen atoms in total. The monoisotopic (exact) mass is 295 g/mol. The van der Waals surface area contributed by atoms with Gasteiger partial charge in [-0.15, -0.1) is 0 Å². The summed E-state index contributed by atoms with van der Waals surface area (Å²) in [4.78, 5) is 13.7. The largest absolute Gasteiger partial charge is 0.489 e. The average molecular weight is 296 g/mol. The van der Waals surface area contributed by atoms with Crippen LogP contribution in [-0.2, 0) is 32.7 Å². The Morgan fingerprint density at radius 1 is 1.80 bits per heavy atom. The summed E-state index contributed by atoms with van der Waals surface area (Å²) in [7, 11) is 0. The van der Waals surface area contributed by atoms with Crippen LogP contribution in [0.1, 0.15) is 9.80 Å². The van der Waals surface area contributed by atoms with Gasteiger partial charge >= 0.3 is 0 Å². The molecular formula is C4HBrNO2SY-. The summed E-state index contributed by atoms with van der Waals surface area (Å²) < 4.78 is 0.449. The molecule has 0 aliphatic heterocycles. The summed E-state index contributed by atoms with van der Waals surface area (Å²) in [6.07, 6.45) is 0. The van der Waals surface area contributed by atoms with Gasteiger partial charge in [0.2, 0.25) is 0 Å². The van der Waals surface area contributed by atoms with E-state index in [4.69, 9.17) is 5.11 Å². The van der Waals surface area contributed by atoms with E-state index in [1.807, 2.05) is 0 Å². The second-order valence-electron chi connectivity index (χ2n) is 1.22. The Morgan fingerprint density at radius 2 is 2.40 bits per heavy atom. The van der Waals surface area contributed by atoms with Crippen LogP contribution in [0.5, 0.6) is 0 Å². The van der Waals surface area contributed by atoms with Gasteiger partial charge in [-0.05, 0) is 0 Å². The van der Waals surface area contributed by atoms with Crippen molar-refractivity contribution in [3.8, 4) is 0 Å². The molecule has 0 atom stereocenters. The first-order valence-corrected chi connectivity index (χ1v) is 3.58. The van der Waals surface area contributed by atoms with Gasteiger partial charge in [0.15, 0.2) is 0 Å². The molecule has 1 radical (unpaired) electrons. The summed E-state index contributed by atoms with van der Waals surface area (Å²) in [5, 5.41) is 11.0. The molecule has 1 aromatic heterocycles. The number of hydrogen-bond acceptors (Lipinski definition) is 3. The third-order valence-corrected chi connectivity index (χ3v) is 2.01. The van der Waals surface area contributed by atoms with Crippen molar-refractivity contribution < 1.29 is 42.6 Å². The number of carboxylic acid groups (broad SMARTS) is 1. The first-order valence-electron chi connectivity index (χ1n) is 1.97. The Bertz CT molecular complexity index is 239. The van der Waals surface area contributed by atoms with Crippen LogP contribution < -0.4 is 0 Å². The minimum atomic E-state index is -1.01. The topological polar surface area (TPSA) is 50.2 Å². The van der Waals surface area contributed by atoms with Crippen LogP contribution in [0.3, 0.4) is 0 Å². The molecule has 1 aromatic rings. The zero-order valence-corrected chi connectivity index (χ0v) is 9.91. The number of aromatic nitrogens is 1. The summed E-state index contributed by atoms with van der Waals surface area (Å²) in [5.74, 6) is -1.01. The number of carboxylic acids is 1. The van der Waals surface area contributed by atoms with E-state index in [0.29, 0.717) is 4.60 Å². The van der Waals surface area contributed by atoms with Gasteiger partial charge in [0.1, 0.15) is 0 Å². The maximum Gasteiger partial charge on any atom is 0.279 e. The Morgan fingerprint density at radius 3 is 2.60 bits per heavy atom. The van der Waals surface area contributed by atoms with Crippen LogP contribution >= 0.6 is 27.3 Å². The predicted molar refractivity (Wildman–Crippen MR) is 35.6 cm³/mol. The molecule has 10 heavy (non-hydrogen) atoms. The standard InChI is InChI=1S/C4HBrNO2S.Y/c5-2-1-9-3(6-2)4(7)8;/h(H,7,8);/q-1;. The zero-order chi connectivity index (χ0) is 6.85. The Labute approximate surface area is 94.9 Å². The van der Waals surface area contributed by atoms with Gasteiger partial charge < -0.3 is 21.4 Å². The second-order valence-corrected chi connectivity index (χ2v) is 2.76. The van der Waals surface area contributed by atoms with Gasteiger partial charge in [0, 0.05) is 42.3 Å². The van der Waals surface area contributed by atoms with Crippen LogP contribution in [0.15, 0.2) is 4.60 Å². The Kier molecular flexibility index (Phi) is 4.85. The third kappa shape index (κ3) is 2.74. The van der Waals surface area contributed by atoms with Crippen LogP contribution in [0.2, 0.25) is 0 Å². The van der Waals surface area contributed by atoms with E-state index in [9.17, 15) is 4.79 Å². The second kappa shape index (κ2) is 4.54.